The first-order valence-corrected chi connectivity index (χ1v) is 10.8. The summed E-state index contributed by atoms with van der Waals surface area (Å²) in [6.45, 7) is 0.581. The molecule has 0 aliphatic heterocycles. The largest absolute Gasteiger partial charge is 0.484 e. The minimum atomic E-state index is -0.387. The molecule has 31 heavy (non-hydrogen) atoms. The van der Waals surface area contributed by atoms with Gasteiger partial charge in [-0.05, 0) is 52.3 Å². The highest BCUT2D eigenvalue weighted by atomic mass is 79.9. The van der Waals surface area contributed by atoms with Crippen LogP contribution in [0.2, 0.25) is 10.0 Å². The van der Waals surface area contributed by atoms with Gasteiger partial charge >= 0.3 is 0 Å². The van der Waals surface area contributed by atoms with Crippen LogP contribution in [-0.2, 0) is 13.2 Å². The first kappa shape index (κ1) is 21.5. The Morgan fingerprint density at radius 1 is 1.10 bits per heavy atom. The quantitative estimate of drug-likeness (QED) is 0.305. The smallest absolute Gasteiger partial charge is 0.291 e. The van der Waals surface area contributed by atoms with Gasteiger partial charge in [-0.2, -0.15) is 5.10 Å². The lowest BCUT2D eigenvalue weighted by molar-refractivity contribution is 0.0992. The van der Waals surface area contributed by atoms with Crippen LogP contribution in [-0.4, -0.2) is 15.7 Å². The molecule has 0 saturated carbocycles. The van der Waals surface area contributed by atoms with E-state index in [0.29, 0.717) is 33.8 Å². The minimum Gasteiger partial charge on any atom is -0.484 e. The zero-order valence-corrected chi connectivity index (χ0v) is 19.1. The van der Waals surface area contributed by atoms with Crippen molar-refractivity contribution in [2.45, 2.75) is 13.2 Å². The van der Waals surface area contributed by atoms with E-state index in [1.165, 1.54) is 0 Å². The number of nitrogens with zero attached hydrogens (tertiary/aromatic N) is 2. The fourth-order valence-corrected chi connectivity index (χ4v) is 3.76. The molecule has 0 radical (unpaired) electrons. The molecular formula is C22H16BrCl2N3O3. The monoisotopic (exact) mass is 519 g/mol. The van der Waals surface area contributed by atoms with Crippen LogP contribution in [0.5, 0.6) is 5.75 Å². The van der Waals surface area contributed by atoms with Crippen LogP contribution in [0.15, 0.2) is 75.9 Å². The molecule has 2 aromatic carbocycles. The maximum absolute atomic E-state index is 12.5. The Bertz CT molecular complexity index is 1200. The first-order chi connectivity index (χ1) is 15.0. The van der Waals surface area contributed by atoms with Crippen molar-refractivity contribution in [2.75, 3.05) is 5.32 Å². The van der Waals surface area contributed by atoms with E-state index in [-0.39, 0.29) is 18.3 Å². The van der Waals surface area contributed by atoms with Gasteiger partial charge in [-0.25, -0.2) is 0 Å². The number of hydrogen-bond acceptors (Lipinski definition) is 4. The third kappa shape index (κ3) is 5.31. The standard InChI is InChI=1S/C22H16BrCl2N3O3/c23-17-4-1-2-7-20(17)30-13-15-8-9-21(31-15)22(29)27-14-10-26-28(11-14)12-16-18(24)5-3-6-19(16)25/h1-11H,12-13H2,(H,27,29). The number of para-hydroxylation sites is 1. The molecule has 0 unspecified atom stereocenters. The molecule has 4 aromatic rings. The van der Waals surface area contributed by atoms with Crippen LogP contribution in [0.1, 0.15) is 21.9 Å². The molecule has 0 fully saturated rings. The molecule has 6 nitrogen and oxygen atoms in total. The number of rotatable bonds is 7. The van der Waals surface area contributed by atoms with E-state index in [4.69, 9.17) is 32.4 Å². The molecule has 0 saturated heterocycles. The van der Waals surface area contributed by atoms with E-state index >= 15 is 0 Å². The topological polar surface area (TPSA) is 69.3 Å². The number of benzene rings is 2. The van der Waals surface area contributed by atoms with Crippen molar-refractivity contribution >= 4 is 50.7 Å². The van der Waals surface area contributed by atoms with Gasteiger partial charge in [-0.1, -0.05) is 41.4 Å². The molecule has 2 aromatic heterocycles. The van der Waals surface area contributed by atoms with Crippen LogP contribution in [0.25, 0.3) is 0 Å². The summed E-state index contributed by atoms with van der Waals surface area (Å²) in [5.41, 5.74) is 1.28. The van der Waals surface area contributed by atoms with Crippen LogP contribution < -0.4 is 10.1 Å². The lowest BCUT2D eigenvalue weighted by atomic mass is 10.2. The second-order valence-corrected chi connectivity index (χ2v) is 8.23. The van der Waals surface area contributed by atoms with Crippen LogP contribution >= 0.6 is 39.1 Å². The summed E-state index contributed by atoms with van der Waals surface area (Å²) in [6, 6.07) is 16.1. The Morgan fingerprint density at radius 2 is 1.87 bits per heavy atom. The molecule has 9 heteroatoms. The summed E-state index contributed by atoms with van der Waals surface area (Å²) in [5, 5.41) is 8.12. The highest BCUT2D eigenvalue weighted by molar-refractivity contribution is 9.10. The normalized spacial score (nSPS) is 10.8. The molecule has 0 bridgehead atoms. The van der Waals surface area contributed by atoms with Crippen LogP contribution in [0.3, 0.4) is 0 Å². The Balaban J connectivity index is 1.36. The van der Waals surface area contributed by atoms with E-state index in [1.54, 1.807) is 47.4 Å². The molecule has 0 aliphatic carbocycles. The predicted octanol–water partition coefficient (Wildman–Crippen LogP) is 6.43. The molecule has 158 valence electrons. The van der Waals surface area contributed by atoms with Crippen molar-refractivity contribution in [3.05, 3.63) is 98.6 Å². The summed E-state index contributed by atoms with van der Waals surface area (Å²) in [6.07, 6.45) is 3.24. The third-order valence-electron chi connectivity index (χ3n) is 4.36. The number of aromatic nitrogens is 2. The maximum Gasteiger partial charge on any atom is 0.291 e. The fourth-order valence-electron chi connectivity index (χ4n) is 2.84. The van der Waals surface area contributed by atoms with Crippen molar-refractivity contribution in [3.63, 3.8) is 0 Å². The highest BCUT2D eigenvalue weighted by Gasteiger charge is 2.14. The predicted molar refractivity (Wildman–Crippen MR) is 123 cm³/mol. The Labute approximate surface area is 196 Å². The second kappa shape index (κ2) is 9.60. The average Bonchev–Trinajstić information content (AvgIpc) is 3.40. The summed E-state index contributed by atoms with van der Waals surface area (Å²) in [4.78, 5) is 12.5. The SMILES string of the molecule is O=C(Nc1cnn(Cc2c(Cl)cccc2Cl)c1)c1ccc(COc2ccccc2Br)o1. The van der Waals surface area contributed by atoms with Gasteiger partial charge in [0.1, 0.15) is 18.1 Å². The van der Waals surface area contributed by atoms with Gasteiger partial charge in [0.2, 0.25) is 0 Å². The van der Waals surface area contributed by atoms with E-state index in [9.17, 15) is 4.79 Å². The summed E-state index contributed by atoms with van der Waals surface area (Å²) in [7, 11) is 0. The van der Waals surface area contributed by atoms with E-state index in [0.717, 1.165) is 10.0 Å². The number of anilines is 1. The highest BCUT2D eigenvalue weighted by Crippen LogP contribution is 2.26. The van der Waals surface area contributed by atoms with Gasteiger partial charge in [-0.15, -0.1) is 0 Å². The molecule has 2 heterocycles. The fraction of sp³-hybridized carbons (Fsp3) is 0.0909. The first-order valence-electron chi connectivity index (χ1n) is 9.22. The molecule has 4 rings (SSSR count). The summed E-state index contributed by atoms with van der Waals surface area (Å²) < 4.78 is 13.8. The second-order valence-electron chi connectivity index (χ2n) is 6.57. The molecule has 1 amide bonds. The van der Waals surface area contributed by atoms with Gasteiger partial charge < -0.3 is 14.5 Å². The average molecular weight is 521 g/mol. The maximum atomic E-state index is 12.5. The summed E-state index contributed by atoms with van der Waals surface area (Å²) >= 11 is 15.8. The molecule has 0 aliphatic rings. The number of amides is 1. The Morgan fingerprint density at radius 3 is 2.65 bits per heavy atom. The van der Waals surface area contributed by atoms with Gasteiger partial charge in [0, 0.05) is 21.8 Å². The van der Waals surface area contributed by atoms with Crippen LogP contribution in [0.4, 0.5) is 5.69 Å². The number of furan rings is 1. The lowest BCUT2D eigenvalue weighted by Crippen LogP contribution is -2.10. The minimum absolute atomic E-state index is 0.174. The number of nitrogens with one attached hydrogen (secondary N) is 1. The van der Waals surface area contributed by atoms with Crippen molar-refractivity contribution in [1.82, 2.24) is 9.78 Å². The van der Waals surface area contributed by atoms with Crippen LogP contribution in [0, 0.1) is 0 Å². The van der Waals surface area contributed by atoms with E-state index in [1.807, 2.05) is 24.3 Å². The number of ether oxygens (including phenoxy) is 1. The Hall–Kier alpha value is -2.74. The van der Waals surface area contributed by atoms with E-state index < -0.39 is 0 Å². The van der Waals surface area contributed by atoms with Crippen molar-refractivity contribution in [1.29, 1.82) is 0 Å². The number of halogens is 3. The van der Waals surface area contributed by atoms with Crippen molar-refractivity contribution in [2.24, 2.45) is 0 Å². The zero-order valence-electron chi connectivity index (χ0n) is 16.0. The van der Waals surface area contributed by atoms with Gasteiger partial charge in [0.25, 0.3) is 5.91 Å². The van der Waals surface area contributed by atoms with Crippen molar-refractivity contribution < 1.29 is 13.9 Å². The molecule has 1 N–H and O–H groups in total. The van der Waals surface area contributed by atoms with E-state index in [2.05, 4.69) is 26.3 Å². The molecular weight excluding hydrogens is 505 g/mol. The van der Waals surface area contributed by atoms with Gasteiger partial charge in [-0.3, -0.25) is 9.48 Å². The van der Waals surface area contributed by atoms with Crippen molar-refractivity contribution in [3.8, 4) is 5.75 Å². The zero-order chi connectivity index (χ0) is 21.8. The summed E-state index contributed by atoms with van der Waals surface area (Å²) in [5.74, 6) is 1.01. The number of carbonyl (C=O) groups is 1. The van der Waals surface area contributed by atoms with Gasteiger partial charge in [0.15, 0.2) is 5.76 Å². The third-order valence-corrected chi connectivity index (χ3v) is 5.73. The molecule has 0 atom stereocenters. The lowest BCUT2D eigenvalue weighted by Gasteiger charge is -2.06. The Kier molecular flexibility index (Phi) is 6.65. The number of carbonyl (C=O) groups excluding carboxylic acids is 1. The van der Waals surface area contributed by atoms with Gasteiger partial charge in [0.05, 0.1) is 22.9 Å². The number of hydrogen-bond donors (Lipinski definition) is 1. The molecule has 0 spiro atoms.